The van der Waals surface area contributed by atoms with E-state index in [1.165, 1.54) is 0 Å². The predicted octanol–water partition coefficient (Wildman–Crippen LogP) is 2.53. The zero-order chi connectivity index (χ0) is 16.9. The smallest absolute Gasteiger partial charge is 0.225 e. The molecular weight excluding hydrogens is 302 g/mol. The van der Waals surface area contributed by atoms with E-state index in [0.717, 1.165) is 57.2 Å². The van der Waals surface area contributed by atoms with E-state index in [2.05, 4.69) is 5.32 Å². The average molecular weight is 327 g/mol. The molecular formula is C19H25N3O2. The Morgan fingerprint density at radius 3 is 2.62 bits per heavy atom. The van der Waals surface area contributed by atoms with Crippen LogP contribution >= 0.6 is 0 Å². The van der Waals surface area contributed by atoms with Crippen LogP contribution in [0.2, 0.25) is 0 Å². The molecule has 1 amide bonds. The second kappa shape index (κ2) is 7.67. The Bertz CT molecular complexity index is 624. The summed E-state index contributed by atoms with van der Waals surface area (Å²) < 4.78 is 0. The lowest BCUT2D eigenvalue weighted by Crippen LogP contribution is -2.39. The van der Waals surface area contributed by atoms with Gasteiger partial charge < -0.3 is 15.3 Å². The quantitative estimate of drug-likeness (QED) is 0.891. The fraction of sp³-hybridized carbons (Fsp3) is 0.579. The van der Waals surface area contributed by atoms with Gasteiger partial charge in [0.25, 0.3) is 0 Å². The maximum atomic E-state index is 12.4. The van der Waals surface area contributed by atoms with Gasteiger partial charge in [0, 0.05) is 31.6 Å². The maximum Gasteiger partial charge on any atom is 0.225 e. The highest BCUT2D eigenvalue weighted by atomic mass is 16.3. The first-order valence-corrected chi connectivity index (χ1v) is 8.91. The van der Waals surface area contributed by atoms with Crippen molar-refractivity contribution >= 4 is 5.91 Å². The SMILES string of the molecule is N#Cc1cc(CNC2CCC(C(=O)N3CCCC3)CC2)ccc1O. The standard InChI is InChI=1S/C19H25N3O2/c20-12-16-11-14(3-8-18(16)23)13-21-17-6-4-15(5-7-17)19(24)22-9-1-2-10-22/h3,8,11,15,17,21,23H,1-2,4-7,9-10,13H2. The lowest BCUT2D eigenvalue weighted by atomic mass is 9.85. The second-order valence-corrected chi connectivity index (χ2v) is 6.93. The third-order valence-electron chi connectivity index (χ3n) is 5.27. The molecule has 1 aliphatic heterocycles. The van der Waals surface area contributed by atoms with Gasteiger partial charge in [0.05, 0.1) is 5.56 Å². The second-order valence-electron chi connectivity index (χ2n) is 6.93. The van der Waals surface area contributed by atoms with Crippen LogP contribution in [-0.2, 0) is 11.3 Å². The lowest BCUT2D eigenvalue weighted by Gasteiger charge is -2.31. The number of hydrogen-bond donors (Lipinski definition) is 2. The normalized spacial score (nSPS) is 23.9. The Balaban J connectivity index is 1.45. The van der Waals surface area contributed by atoms with Crippen molar-refractivity contribution in [3.8, 4) is 11.8 Å². The van der Waals surface area contributed by atoms with E-state index in [9.17, 15) is 9.90 Å². The molecule has 0 aromatic heterocycles. The third kappa shape index (κ3) is 3.88. The Morgan fingerprint density at radius 2 is 1.96 bits per heavy atom. The Hall–Kier alpha value is -2.06. The van der Waals surface area contributed by atoms with E-state index in [1.807, 2.05) is 17.0 Å². The van der Waals surface area contributed by atoms with E-state index >= 15 is 0 Å². The number of nitriles is 1. The van der Waals surface area contributed by atoms with E-state index < -0.39 is 0 Å². The number of phenols is 1. The van der Waals surface area contributed by atoms with Crippen LogP contribution in [0.1, 0.15) is 49.7 Å². The highest BCUT2D eigenvalue weighted by Crippen LogP contribution is 2.27. The van der Waals surface area contributed by atoms with Gasteiger partial charge in [-0.25, -0.2) is 0 Å². The van der Waals surface area contributed by atoms with E-state index in [0.29, 0.717) is 24.1 Å². The minimum Gasteiger partial charge on any atom is -0.507 e. The van der Waals surface area contributed by atoms with Gasteiger partial charge in [-0.05, 0) is 56.2 Å². The fourth-order valence-corrected chi connectivity index (χ4v) is 3.79. The summed E-state index contributed by atoms with van der Waals surface area (Å²) in [6.07, 6.45) is 6.28. The molecule has 2 aliphatic rings. The van der Waals surface area contributed by atoms with Crippen molar-refractivity contribution in [3.63, 3.8) is 0 Å². The number of nitrogens with zero attached hydrogens (tertiary/aromatic N) is 2. The topological polar surface area (TPSA) is 76.4 Å². The minimum absolute atomic E-state index is 0.0298. The summed E-state index contributed by atoms with van der Waals surface area (Å²) in [5, 5.41) is 22.0. The third-order valence-corrected chi connectivity index (χ3v) is 5.27. The fourth-order valence-electron chi connectivity index (χ4n) is 3.79. The number of phenolic OH excluding ortho intramolecular Hbond substituents is 1. The molecule has 1 aromatic carbocycles. The van der Waals surface area contributed by atoms with Crippen LogP contribution in [0, 0.1) is 17.2 Å². The summed E-state index contributed by atoms with van der Waals surface area (Å²) in [6.45, 7) is 2.57. The molecule has 1 heterocycles. The summed E-state index contributed by atoms with van der Waals surface area (Å²) in [6, 6.07) is 7.56. The molecule has 5 nitrogen and oxygen atoms in total. The van der Waals surface area contributed by atoms with Crippen molar-refractivity contribution < 1.29 is 9.90 Å². The van der Waals surface area contributed by atoms with Crippen molar-refractivity contribution in [2.75, 3.05) is 13.1 Å². The molecule has 3 rings (SSSR count). The number of amides is 1. The van der Waals surface area contributed by atoms with Crippen LogP contribution in [0.5, 0.6) is 5.75 Å². The van der Waals surface area contributed by atoms with Crippen molar-refractivity contribution in [2.45, 2.75) is 51.1 Å². The van der Waals surface area contributed by atoms with Crippen LogP contribution < -0.4 is 5.32 Å². The van der Waals surface area contributed by atoms with Crippen molar-refractivity contribution in [3.05, 3.63) is 29.3 Å². The molecule has 2 N–H and O–H groups in total. The van der Waals surface area contributed by atoms with Crippen molar-refractivity contribution in [1.82, 2.24) is 10.2 Å². The molecule has 0 unspecified atom stereocenters. The average Bonchev–Trinajstić information content (AvgIpc) is 3.15. The van der Waals surface area contributed by atoms with Gasteiger partial charge in [-0.2, -0.15) is 5.26 Å². The minimum atomic E-state index is 0.0298. The lowest BCUT2D eigenvalue weighted by molar-refractivity contribution is -0.135. The largest absolute Gasteiger partial charge is 0.507 e. The number of aromatic hydroxyl groups is 1. The molecule has 24 heavy (non-hydrogen) atoms. The van der Waals surface area contributed by atoms with Gasteiger partial charge in [-0.15, -0.1) is 0 Å². The molecule has 0 bridgehead atoms. The Kier molecular flexibility index (Phi) is 5.37. The van der Waals surface area contributed by atoms with Gasteiger partial charge in [0.1, 0.15) is 11.8 Å². The number of nitrogens with one attached hydrogen (secondary N) is 1. The highest BCUT2D eigenvalue weighted by molar-refractivity contribution is 5.79. The number of likely N-dealkylation sites (tertiary alicyclic amines) is 1. The number of benzene rings is 1. The van der Waals surface area contributed by atoms with Gasteiger partial charge in [0.15, 0.2) is 0 Å². The Labute approximate surface area is 143 Å². The molecule has 0 atom stereocenters. The summed E-state index contributed by atoms with van der Waals surface area (Å²) >= 11 is 0. The first-order chi connectivity index (χ1) is 11.7. The molecule has 0 spiro atoms. The zero-order valence-electron chi connectivity index (χ0n) is 14.0. The van der Waals surface area contributed by atoms with Gasteiger partial charge >= 0.3 is 0 Å². The number of hydrogen-bond acceptors (Lipinski definition) is 4. The van der Waals surface area contributed by atoms with Crippen LogP contribution in [0.15, 0.2) is 18.2 Å². The summed E-state index contributed by atoms with van der Waals surface area (Å²) in [4.78, 5) is 14.5. The zero-order valence-corrected chi connectivity index (χ0v) is 14.0. The van der Waals surface area contributed by atoms with Crippen molar-refractivity contribution in [1.29, 1.82) is 5.26 Å². The van der Waals surface area contributed by atoms with Crippen LogP contribution in [0.3, 0.4) is 0 Å². The van der Waals surface area contributed by atoms with Crippen LogP contribution in [0.4, 0.5) is 0 Å². The Morgan fingerprint density at radius 1 is 1.25 bits per heavy atom. The molecule has 1 saturated carbocycles. The molecule has 0 radical (unpaired) electrons. The first-order valence-electron chi connectivity index (χ1n) is 8.91. The monoisotopic (exact) mass is 327 g/mol. The number of carbonyl (C=O) groups excluding carboxylic acids is 1. The maximum absolute atomic E-state index is 12.4. The van der Waals surface area contributed by atoms with Gasteiger partial charge in [-0.3, -0.25) is 4.79 Å². The van der Waals surface area contributed by atoms with Crippen LogP contribution in [-0.4, -0.2) is 35.0 Å². The van der Waals surface area contributed by atoms with Crippen LogP contribution in [0.25, 0.3) is 0 Å². The number of carbonyl (C=O) groups is 1. The van der Waals surface area contributed by atoms with E-state index in [-0.39, 0.29) is 11.7 Å². The predicted molar refractivity (Wildman–Crippen MR) is 91.2 cm³/mol. The first kappa shape index (κ1) is 16.8. The molecule has 128 valence electrons. The van der Waals surface area contributed by atoms with E-state index in [1.54, 1.807) is 12.1 Å². The molecule has 1 aromatic rings. The molecule has 5 heteroatoms. The van der Waals surface area contributed by atoms with E-state index in [4.69, 9.17) is 5.26 Å². The summed E-state index contributed by atoms with van der Waals surface area (Å²) in [7, 11) is 0. The van der Waals surface area contributed by atoms with Crippen molar-refractivity contribution in [2.24, 2.45) is 5.92 Å². The summed E-state index contributed by atoms with van der Waals surface area (Å²) in [5.74, 6) is 0.602. The summed E-state index contributed by atoms with van der Waals surface area (Å²) in [5.41, 5.74) is 1.31. The molecule has 2 fully saturated rings. The molecule has 1 saturated heterocycles. The van der Waals surface area contributed by atoms with Gasteiger partial charge in [-0.1, -0.05) is 6.07 Å². The molecule has 1 aliphatic carbocycles. The highest BCUT2D eigenvalue weighted by Gasteiger charge is 2.30. The number of rotatable bonds is 4. The van der Waals surface area contributed by atoms with Gasteiger partial charge in [0.2, 0.25) is 5.91 Å².